The first-order chi connectivity index (χ1) is 11.4. The molecule has 0 saturated carbocycles. The van der Waals surface area contributed by atoms with E-state index in [2.05, 4.69) is 5.32 Å². The molecule has 0 rings (SSSR count). The summed E-state index contributed by atoms with van der Waals surface area (Å²) in [4.78, 5) is 24.4. The van der Waals surface area contributed by atoms with Crippen LogP contribution in [0.4, 0.5) is 0 Å². The summed E-state index contributed by atoms with van der Waals surface area (Å²) in [6.45, 7) is 5.30. The highest BCUT2D eigenvalue weighted by molar-refractivity contribution is 6.60. The highest BCUT2D eigenvalue weighted by Gasteiger charge is 2.37. The van der Waals surface area contributed by atoms with Crippen LogP contribution in [-0.4, -0.2) is 66.5 Å². The van der Waals surface area contributed by atoms with Gasteiger partial charge in [0.05, 0.1) is 0 Å². The average Bonchev–Trinajstić information content (AvgIpc) is 2.56. The van der Waals surface area contributed by atoms with Crippen LogP contribution in [0.1, 0.15) is 46.0 Å². The van der Waals surface area contributed by atoms with Gasteiger partial charge in [0.2, 0.25) is 11.8 Å². The van der Waals surface area contributed by atoms with Crippen LogP contribution < -0.4 is 5.32 Å². The fraction of sp³-hybridized carbons (Fsp3) is 0.875. The Morgan fingerprint density at radius 1 is 0.875 bits per heavy atom. The van der Waals surface area contributed by atoms with Gasteiger partial charge in [-0.25, -0.2) is 0 Å². The molecule has 0 aliphatic heterocycles. The normalized spacial score (nSPS) is 11.4. The van der Waals surface area contributed by atoms with Crippen LogP contribution in [0.25, 0.3) is 0 Å². The Balaban J connectivity index is 3.98. The molecule has 2 amide bonds. The first kappa shape index (κ1) is 23.0. The van der Waals surface area contributed by atoms with Crippen LogP contribution in [0.3, 0.4) is 0 Å². The van der Waals surface area contributed by atoms with Gasteiger partial charge in [-0.15, -0.1) is 0 Å². The Hall–Kier alpha value is -0.963. The predicted molar refractivity (Wildman–Crippen MR) is 95.6 cm³/mol. The van der Waals surface area contributed by atoms with Crippen LogP contribution in [-0.2, 0) is 22.9 Å². The predicted octanol–water partition coefficient (Wildman–Crippen LogP) is 1.80. The number of rotatable bonds is 14. The van der Waals surface area contributed by atoms with E-state index < -0.39 is 8.80 Å². The molecule has 142 valence electrons. The number of carbonyl (C=O) groups is 2. The lowest BCUT2D eigenvalue weighted by molar-refractivity contribution is -0.129. The Labute approximate surface area is 147 Å². The number of amides is 2. The lowest BCUT2D eigenvalue weighted by Crippen LogP contribution is -2.43. The summed E-state index contributed by atoms with van der Waals surface area (Å²) in [7, 11) is 2.25. The molecule has 0 fully saturated rings. The van der Waals surface area contributed by atoms with Crippen LogP contribution >= 0.6 is 0 Å². The van der Waals surface area contributed by atoms with Crippen molar-refractivity contribution in [2.45, 2.75) is 52.0 Å². The van der Waals surface area contributed by atoms with E-state index in [0.717, 1.165) is 45.2 Å². The average molecular weight is 363 g/mol. The standard InChI is InChI=1S/C16H34N2O5Si/c1-15(19)17-11-8-6-7-9-12-18(16(2)20)13-10-14-24(21-3,22-4)23-5/h6-14H2,1-5H3,(H,17,19). The SMILES string of the molecule is CO[Si](CCCN(CCCCCCNC(C)=O)C(C)=O)(OC)OC. The van der Waals surface area contributed by atoms with Gasteiger partial charge in [-0.3, -0.25) is 9.59 Å². The van der Waals surface area contributed by atoms with Crippen molar-refractivity contribution in [3.8, 4) is 0 Å². The summed E-state index contributed by atoms with van der Waals surface area (Å²) < 4.78 is 16.2. The zero-order chi connectivity index (χ0) is 18.4. The molecule has 0 aliphatic rings. The van der Waals surface area contributed by atoms with Gasteiger partial charge in [0.25, 0.3) is 0 Å². The van der Waals surface area contributed by atoms with Gasteiger partial charge < -0.3 is 23.5 Å². The number of nitrogens with zero attached hydrogens (tertiary/aromatic N) is 1. The van der Waals surface area contributed by atoms with Crippen molar-refractivity contribution in [3.63, 3.8) is 0 Å². The minimum Gasteiger partial charge on any atom is -0.377 e. The molecule has 0 radical (unpaired) electrons. The van der Waals surface area contributed by atoms with E-state index in [1.54, 1.807) is 28.3 Å². The molecule has 24 heavy (non-hydrogen) atoms. The Bertz CT molecular complexity index is 356. The van der Waals surface area contributed by atoms with Crippen molar-refractivity contribution in [2.75, 3.05) is 41.0 Å². The number of hydrogen-bond donors (Lipinski definition) is 1. The van der Waals surface area contributed by atoms with Crippen LogP contribution in [0, 0.1) is 0 Å². The Morgan fingerprint density at radius 3 is 1.92 bits per heavy atom. The van der Waals surface area contributed by atoms with E-state index in [9.17, 15) is 9.59 Å². The summed E-state index contributed by atoms with van der Waals surface area (Å²) in [6.07, 6.45) is 4.85. The Kier molecular flexibility index (Phi) is 12.8. The van der Waals surface area contributed by atoms with Crippen molar-refractivity contribution in [1.82, 2.24) is 10.2 Å². The molecule has 0 aliphatic carbocycles. The molecule has 0 bridgehead atoms. The number of hydrogen-bond acceptors (Lipinski definition) is 5. The van der Waals surface area contributed by atoms with Gasteiger partial charge in [0, 0.05) is 60.9 Å². The number of carbonyl (C=O) groups excluding carboxylic acids is 2. The maximum Gasteiger partial charge on any atom is 0.500 e. The minimum atomic E-state index is -2.55. The molecule has 1 N–H and O–H groups in total. The summed E-state index contributed by atoms with van der Waals surface area (Å²) in [6, 6.07) is 0.691. The van der Waals surface area contributed by atoms with Gasteiger partial charge in [-0.2, -0.15) is 0 Å². The van der Waals surface area contributed by atoms with Crippen molar-refractivity contribution in [1.29, 1.82) is 0 Å². The quantitative estimate of drug-likeness (QED) is 0.377. The summed E-state index contributed by atoms with van der Waals surface area (Å²) in [5.41, 5.74) is 0. The summed E-state index contributed by atoms with van der Waals surface area (Å²) in [5, 5.41) is 2.79. The maximum atomic E-state index is 11.7. The second-order valence-electron chi connectivity index (χ2n) is 5.80. The van der Waals surface area contributed by atoms with E-state index in [0.29, 0.717) is 12.6 Å². The van der Waals surface area contributed by atoms with E-state index in [4.69, 9.17) is 13.3 Å². The first-order valence-corrected chi connectivity index (χ1v) is 10.5. The molecule has 0 atom stereocenters. The van der Waals surface area contributed by atoms with Gasteiger partial charge >= 0.3 is 8.80 Å². The molecule has 0 aromatic heterocycles. The zero-order valence-electron chi connectivity index (χ0n) is 15.9. The monoisotopic (exact) mass is 362 g/mol. The molecule has 8 heteroatoms. The molecule has 0 heterocycles. The number of unbranched alkanes of at least 4 members (excludes halogenated alkanes) is 3. The van der Waals surface area contributed by atoms with Gasteiger partial charge in [0.1, 0.15) is 0 Å². The fourth-order valence-corrected chi connectivity index (χ4v) is 4.22. The molecule has 0 spiro atoms. The smallest absolute Gasteiger partial charge is 0.377 e. The van der Waals surface area contributed by atoms with Crippen molar-refractivity contribution < 1.29 is 22.9 Å². The topological polar surface area (TPSA) is 77.1 Å². The third-order valence-electron chi connectivity index (χ3n) is 4.02. The largest absolute Gasteiger partial charge is 0.500 e. The second-order valence-corrected chi connectivity index (χ2v) is 8.89. The third kappa shape index (κ3) is 10.0. The summed E-state index contributed by atoms with van der Waals surface area (Å²) in [5.74, 6) is 0.105. The molecule has 0 unspecified atom stereocenters. The lowest BCUT2D eigenvalue weighted by atomic mass is 10.2. The van der Waals surface area contributed by atoms with Gasteiger partial charge in [0.15, 0.2) is 0 Å². The van der Waals surface area contributed by atoms with Crippen molar-refractivity contribution >= 4 is 20.6 Å². The third-order valence-corrected chi connectivity index (χ3v) is 6.85. The van der Waals surface area contributed by atoms with Crippen LogP contribution in [0.15, 0.2) is 0 Å². The molecule has 7 nitrogen and oxygen atoms in total. The van der Waals surface area contributed by atoms with Crippen molar-refractivity contribution in [3.05, 3.63) is 0 Å². The van der Waals surface area contributed by atoms with Gasteiger partial charge in [-0.1, -0.05) is 12.8 Å². The fourth-order valence-electron chi connectivity index (χ4n) is 2.51. The summed E-state index contributed by atoms with van der Waals surface area (Å²) >= 11 is 0. The van der Waals surface area contributed by atoms with E-state index in [1.165, 1.54) is 6.92 Å². The highest BCUT2D eigenvalue weighted by Crippen LogP contribution is 2.15. The molecule has 0 saturated heterocycles. The highest BCUT2D eigenvalue weighted by atomic mass is 28.4. The lowest BCUT2D eigenvalue weighted by Gasteiger charge is -2.26. The van der Waals surface area contributed by atoms with Crippen LogP contribution in [0.2, 0.25) is 6.04 Å². The van der Waals surface area contributed by atoms with E-state index >= 15 is 0 Å². The van der Waals surface area contributed by atoms with Crippen LogP contribution in [0.5, 0.6) is 0 Å². The van der Waals surface area contributed by atoms with E-state index in [-0.39, 0.29) is 11.8 Å². The van der Waals surface area contributed by atoms with E-state index in [1.807, 2.05) is 4.90 Å². The second kappa shape index (κ2) is 13.3. The molecule has 0 aromatic rings. The van der Waals surface area contributed by atoms with Crippen molar-refractivity contribution in [2.24, 2.45) is 0 Å². The maximum absolute atomic E-state index is 11.7. The van der Waals surface area contributed by atoms with Gasteiger partial charge in [-0.05, 0) is 19.3 Å². The molecular weight excluding hydrogens is 328 g/mol. The molecule has 0 aromatic carbocycles. The number of nitrogens with one attached hydrogen (secondary N) is 1. The molecular formula is C16H34N2O5Si. The Morgan fingerprint density at radius 2 is 1.42 bits per heavy atom. The zero-order valence-corrected chi connectivity index (χ0v) is 16.9. The minimum absolute atomic E-state index is 0.0144. The first-order valence-electron chi connectivity index (χ1n) is 8.56.